The Hall–Kier alpha value is -1.73. The van der Waals surface area contributed by atoms with Crippen LogP contribution in [-0.4, -0.2) is 37.2 Å². The maximum absolute atomic E-state index is 5.45. The number of methoxy groups -OCH3 is 2. The maximum atomic E-state index is 5.45. The Kier molecular flexibility index (Phi) is 5.46. The molecule has 0 aliphatic carbocycles. The van der Waals surface area contributed by atoms with Gasteiger partial charge < -0.3 is 19.2 Å². The minimum absolute atomic E-state index is 0.100. The van der Waals surface area contributed by atoms with Crippen LogP contribution in [-0.2, 0) is 0 Å². The molecule has 7 heteroatoms. The lowest BCUT2D eigenvalue weighted by Crippen LogP contribution is -2.19. The molecule has 0 spiro atoms. The molecule has 6 nitrogen and oxygen atoms in total. The lowest BCUT2D eigenvalue weighted by molar-refractivity contribution is 0.387. The predicted molar refractivity (Wildman–Crippen MR) is 81.1 cm³/mol. The summed E-state index contributed by atoms with van der Waals surface area (Å²) in [6.45, 7) is 1.78. The quantitative estimate of drug-likeness (QED) is 0.788. The second-order valence-corrected chi connectivity index (χ2v) is 5.32. The highest BCUT2D eigenvalue weighted by Gasteiger charge is 2.17. The Bertz CT molecular complexity index is 589. The highest BCUT2D eigenvalue weighted by atomic mass is 32.2. The van der Waals surface area contributed by atoms with E-state index in [0.29, 0.717) is 11.1 Å². The molecule has 1 atom stereocenters. The molecule has 1 aromatic carbocycles. The third kappa shape index (κ3) is 3.89. The van der Waals surface area contributed by atoms with Gasteiger partial charge in [-0.3, -0.25) is 0 Å². The summed E-state index contributed by atoms with van der Waals surface area (Å²) < 4.78 is 16.0. The predicted octanol–water partition coefficient (Wildman–Crippen LogP) is 2.45. The van der Waals surface area contributed by atoms with Crippen molar-refractivity contribution in [2.45, 2.75) is 18.2 Å². The molecule has 21 heavy (non-hydrogen) atoms. The van der Waals surface area contributed by atoms with E-state index in [-0.39, 0.29) is 6.04 Å². The summed E-state index contributed by atoms with van der Waals surface area (Å²) in [5, 5.41) is 11.6. The van der Waals surface area contributed by atoms with Gasteiger partial charge in [0, 0.05) is 30.3 Å². The number of aryl methyl sites for hydroxylation is 1. The summed E-state index contributed by atoms with van der Waals surface area (Å²) in [5.41, 5.74) is 1.06. The molecular formula is C14H19N3O3S. The minimum Gasteiger partial charge on any atom is -0.497 e. The summed E-state index contributed by atoms with van der Waals surface area (Å²) in [7, 11) is 5.20. The average Bonchev–Trinajstić information content (AvgIpc) is 2.93. The van der Waals surface area contributed by atoms with Crippen LogP contribution in [0, 0.1) is 6.92 Å². The van der Waals surface area contributed by atoms with Crippen LogP contribution in [0.25, 0.3) is 0 Å². The molecule has 0 radical (unpaired) electrons. The van der Waals surface area contributed by atoms with Gasteiger partial charge in [-0.15, -0.1) is 10.2 Å². The van der Waals surface area contributed by atoms with Crippen molar-refractivity contribution >= 4 is 11.8 Å². The standard InChI is InChI=1S/C14H19N3O3S/c1-9-16-17-14(20-9)21-8-12(15-2)11-6-5-10(18-3)7-13(11)19-4/h5-7,12,15H,8H2,1-4H3. The van der Waals surface area contributed by atoms with Crippen molar-refractivity contribution in [3.05, 3.63) is 29.7 Å². The van der Waals surface area contributed by atoms with Crippen molar-refractivity contribution < 1.29 is 13.9 Å². The second-order valence-electron chi connectivity index (χ2n) is 4.35. The zero-order valence-corrected chi connectivity index (χ0v) is 13.4. The molecule has 114 valence electrons. The fourth-order valence-corrected chi connectivity index (χ4v) is 2.86. The molecule has 2 aromatic rings. The van der Waals surface area contributed by atoms with Crippen LogP contribution in [0.2, 0.25) is 0 Å². The van der Waals surface area contributed by atoms with E-state index in [1.807, 2.05) is 25.2 Å². The smallest absolute Gasteiger partial charge is 0.276 e. The van der Waals surface area contributed by atoms with Crippen LogP contribution in [0.3, 0.4) is 0 Å². The van der Waals surface area contributed by atoms with E-state index in [9.17, 15) is 0 Å². The molecule has 1 N–H and O–H groups in total. The topological polar surface area (TPSA) is 69.4 Å². The second kappa shape index (κ2) is 7.33. The third-order valence-electron chi connectivity index (χ3n) is 3.05. The van der Waals surface area contributed by atoms with Gasteiger partial charge in [0.25, 0.3) is 5.22 Å². The van der Waals surface area contributed by atoms with Gasteiger partial charge in [-0.1, -0.05) is 17.8 Å². The van der Waals surface area contributed by atoms with Gasteiger partial charge >= 0.3 is 0 Å². The monoisotopic (exact) mass is 309 g/mol. The van der Waals surface area contributed by atoms with E-state index in [0.717, 1.165) is 22.8 Å². The number of aromatic nitrogens is 2. The summed E-state index contributed by atoms with van der Waals surface area (Å²) in [4.78, 5) is 0. The zero-order valence-electron chi connectivity index (χ0n) is 12.5. The summed E-state index contributed by atoms with van der Waals surface area (Å²) in [5.74, 6) is 2.88. The molecule has 0 saturated heterocycles. The van der Waals surface area contributed by atoms with Crippen LogP contribution in [0.1, 0.15) is 17.5 Å². The van der Waals surface area contributed by atoms with Gasteiger partial charge in [0.1, 0.15) is 11.5 Å². The van der Waals surface area contributed by atoms with Gasteiger partial charge in [0.15, 0.2) is 0 Å². The molecule has 0 aliphatic heterocycles. The Morgan fingerprint density at radius 1 is 1.29 bits per heavy atom. The van der Waals surface area contributed by atoms with E-state index < -0.39 is 0 Å². The molecule has 1 unspecified atom stereocenters. The zero-order chi connectivity index (χ0) is 15.2. The lowest BCUT2D eigenvalue weighted by Gasteiger charge is -2.19. The molecule has 1 aromatic heterocycles. The van der Waals surface area contributed by atoms with E-state index in [4.69, 9.17) is 13.9 Å². The van der Waals surface area contributed by atoms with Crippen LogP contribution in [0.4, 0.5) is 0 Å². The van der Waals surface area contributed by atoms with E-state index in [1.54, 1.807) is 21.1 Å². The number of hydrogen-bond acceptors (Lipinski definition) is 7. The first-order valence-electron chi connectivity index (χ1n) is 6.50. The van der Waals surface area contributed by atoms with Crippen molar-refractivity contribution in [3.8, 4) is 11.5 Å². The summed E-state index contributed by atoms with van der Waals surface area (Å²) >= 11 is 1.51. The molecule has 2 rings (SSSR count). The van der Waals surface area contributed by atoms with Gasteiger partial charge in [0.2, 0.25) is 5.89 Å². The van der Waals surface area contributed by atoms with Gasteiger partial charge in [0.05, 0.1) is 14.2 Å². The Labute approximate surface area is 128 Å². The van der Waals surface area contributed by atoms with Crippen molar-refractivity contribution in [2.75, 3.05) is 27.0 Å². The Balaban J connectivity index is 2.12. The Morgan fingerprint density at radius 2 is 2.10 bits per heavy atom. The molecule has 1 heterocycles. The van der Waals surface area contributed by atoms with Crippen molar-refractivity contribution in [1.29, 1.82) is 0 Å². The van der Waals surface area contributed by atoms with Gasteiger partial charge in [-0.05, 0) is 13.1 Å². The highest BCUT2D eigenvalue weighted by molar-refractivity contribution is 7.99. The van der Waals surface area contributed by atoms with Crippen molar-refractivity contribution in [2.24, 2.45) is 0 Å². The van der Waals surface area contributed by atoms with Crippen LogP contribution in [0.5, 0.6) is 11.5 Å². The average molecular weight is 309 g/mol. The molecule has 0 saturated carbocycles. The van der Waals surface area contributed by atoms with Crippen LogP contribution < -0.4 is 14.8 Å². The lowest BCUT2D eigenvalue weighted by atomic mass is 10.1. The first kappa shape index (κ1) is 15.7. The SMILES string of the molecule is CNC(CSc1nnc(C)o1)c1ccc(OC)cc1OC. The van der Waals surface area contributed by atoms with E-state index in [2.05, 4.69) is 15.5 Å². The number of ether oxygens (including phenoxy) is 2. The summed E-state index contributed by atoms with van der Waals surface area (Å²) in [6.07, 6.45) is 0. The Morgan fingerprint density at radius 3 is 2.67 bits per heavy atom. The van der Waals surface area contributed by atoms with Crippen LogP contribution in [0.15, 0.2) is 27.8 Å². The minimum atomic E-state index is 0.100. The van der Waals surface area contributed by atoms with Gasteiger partial charge in [-0.25, -0.2) is 0 Å². The summed E-state index contributed by atoms with van der Waals surface area (Å²) in [6, 6.07) is 5.90. The number of nitrogens with zero attached hydrogens (tertiary/aromatic N) is 2. The maximum Gasteiger partial charge on any atom is 0.276 e. The molecular weight excluding hydrogens is 290 g/mol. The van der Waals surface area contributed by atoms with Crippen LogP contribution >= 0.6 is 11.8 Å². The van der Waals surface area contributed by atoms with Crippen molar-refractivity contribution in [3.63, 3.8) is 0 Å². The normalized spacial score (nSPS) is 12.2. The first-order valence-corrected chi connectivity index (χ1v) is 7.48. The highest BCUT2D eigenvalue weighted by Crippen LogP contribution is 2.32. The number of rotatable bonds is 7. The fraction of sp³-hybridized carbons (Fsp3) is 0.429. The largest absolute Gasteiger partial charge is 0.497 e. The number of nitrogens with one attached hydrogen (secondary N) is 1. The molecule has 0 bridgehead atoms. The van der Waals surface area contributed by atoms with Crippen molar-refractivity contribution in [1.82, 2.24) is 15.5 Å². The molecule has 0 aliphatic rings. The molecule has 0 fully saturated rings. The van der Waals surface area contributed by atoms with Gasteiger partial charge in [-0.2, -0.15) is 0 Å². The number of thioether (sulfide) groups is 1. The fourth-order valence-electron chi connectivity index (χ4n) is 1.93. The van der Waals surface area contributed by atoms with E-state index >= 15 is 0 Å². The first-order chi connectivity index (χ1) is 10.2. The number of benzene rings is 1. The third-order valence-corrected chi connectivity index (χ3v) is 3.96. The van der Waals surface area contributed by atoms with E-state index in [1.165, 1.54) is 11.8 Å². The molecule has 0 amide bonds. The number of hydrogen-bond donors (Lipinski definition) is 1.